The minimum absolute atomic E-state index is 0.0862. The van der Waals surface area contributed by atoms with Crippen LogP contribution in [0.2, 0.25) is 0 Å². The standard InChI is InChI=1S/C22H32O4S/c1-15(19(23)25-6)17-12-13-22(5,26-20(24)21(2,3)4)18(17)14-27-16-10-8-7-9-11-16/h7-11,15,17-18H,12-14H2,1-6H3/t15?,17?,18?,22-/m1/s1. The van der Waals surface area contributed by atoms with Crippen LogP contribution in [-0.4, -0.2) is 30.4 Å². The average Bonchev–Trinajstić information content (AvgIpc) is 2.94. The molecular formula is C22H32O4S. The van der Waals surface area contributed by atoms with Gasteiger partial charge in [0, 0.05) is 16.6 Å². The topological polar surface area (TPSA) is 52.6 Å². The number of benzene rings is 1. The molecule has 2 rings (SSSR count). The van der Waals surface area contributed by atoms with Gasteiger partial charge in [-0.2, -0.15) is 0 Å². The molecule has 150 valence electrons. The van der Waals surface area contributed by atoms with Crippen molar-refractivity contribution in [2.24, 2.45) is 23.2 Å². The number of methoxy groups -OCH3 is 1. The fraction of sp³-hybridized carbons (Fsp3) is 0.636. The predicted octanol–water partition coefficient (Wildman–Crippen LogP) is 4.96. The summed E-state index contributed by atoms with van der Waals surface area (Å²) in [5.74, 6) is 0.414. The van der Waals surface area contributed by atoms with E-state index in [9.17, 15) is 9.59 Å². The minimum atomic E-state index is -0.570. The van der Waals surface area contributed by atoms with Crippen molar-refractivity contribution in [1.29, 1.82) is 0 Å². The molecule has 4 atom stereocenters. The lowest BCUT2D eigenvalue weighted by molar-refractivity contribution is -0.172. The van der Waals surface area contributed by atoms with Crippen molar-refractivity contribution < 1.29 is 19.1 Å². The smallest absolute Gasteiger partial charge is 0.311 e. The second-order valence-corrected chi connectivity index (χ2v) is 9.79. The lowest BCUT2D eigenvalue weighted by atomic mass is 9.81. The zero-order chi connectivity index (χ0) is 20.2. The van der Waals surface area contributed by atoms with Crippen molar-refractivity contribution in [3.05, 3.63) is 30.3 Å². The maximum absolute atomic E-state index is 12.6. The Morgan fingerprint density at radius 3 is 2.44 bits per heavy atom. The van der Waals surface area contributed by atoms with Crippen molar-refractivity contribution in [3.8, 4) is 0 Å². The Balaban J connectivity index is 2.23. The summed E-state index contributed by atoms with van der Waals surface area (Å²) in [4.78, 5) is 25.9. The average molecular weight is 393 g/mol. The predicted molar refractivity (Wildman–Crippen MR) is 109 cm³/mol. The third kappa shape index (κ3) is 5.28. The monoisotopic (exact) mass is 392 g/mol. The number of ether oxygens (including phenoxy) is 2. The van der Waals surface area contributed by atoms with E-state index in [1.165, 1.54) is 12.0 Å². The SMILES string of the molecule is COC(=O)C(C)C1CC[C@@](C)(OC(=O)C(C)(C)C)C1CSc1ccccc1. The molecule has 0 saturated heterocycles. The van der Waals surface area contributed by atoms with Gasteiger partial charge >= 0.3 is 11.9 Å². The summed E-state index contributed by atoms with van der Waals surface area (Å²) in [6.07, 6.45) is 1.62. The second kappa shape index (κ2) is 8.68. The van der Waals surface area contributed by atoms with E-state index in [0.29, 0.717) is 0 Å². The first-order valence-corrected chi connectivity index (χ1v) is 10.6. The molecule has 0 bridgehead atoms. The molecule has 0 heterocycles. The summed E-state index contributed by atoms with van der Waals surface area (Å²) in [5.41, 5.74) is -1.12. The van der Waals surface area contributed by atoms with E-state index in [4.69, 9.17) is 9.47 Å². The van der Waals surface area contributed by atoms with E-state index in [1.807, 2.05) is 52.8 Å². The van der Waals surface area contributed by atoms with Crippen LogP contribution in [0.4, 0.5) is 0 Å². The van der Waals surface area contributed by atoms with Crippen LogP contribution in [-0.2, 0) is 19.1 Å². The third-order valence-electron chi connectivity index (χ3n) is 5.60. The van der Waals surface area contributed by atoms with Crippen molar-refractivity contribution >= 4 is 23.7 Å². The van der Waals surface area contributed by atoms with Crippen molar-refractivity contribution in [2.75, 3.05) is 12.9 Å². The zero-order valence-corrected chi connectivity index (χ0v) is 18.1. The molecule has 1 aromatic carbocycles. The summed E-state index contributed by atoms with van der Waals surface area (Å²) in [6.45, 7) is 9.56. The number of hydrogen-bond donors (Lipinski definition) is 0. The maximum atomic E-state index is 12.6. The number of esters is 2. The molecule has 4 nitrogen and oxygen atoms in total. The highest BCUT2D eigenvalue weighted by Gasteiger charge is 2.51. The molecule has 0 N–H and O–H groups in total. The van der Waals surface area contributed by atoms with Gasteiger partial charge in [-0.15, -0.1) is 11.8 Å². The van der Waals surface area contributed by atoms with Gasteiger partial charge in [0.25, 0.3) is 0 Å². The van der Waals surface area contributed by atoms with Gasteiger partial charge in [-0.3, -0.25) is 9.59 Å². The largest absolute Gasteiger partial charge is 0.469 e. The lowest BCUT2D eigenvalue weighted by Gasteiger charge is -2.37. The minimum Gasteiger partial charge on any atom is -0.469 e. The highest BCUT2D eigenvalue weighted by molar-refractivity contribution is 7.99. The van der Waals surface area contributed by atoms with Gasteiger partial charge < -0.3 is 9.47 Å². The molecule has 0 radical (unpaired) electrons. The summed E-state index contributed by atoms with van der Waals surface area (Å²) in [7, 11) is 1.43. The van der Waals surface area contributed by atoms with Crippen molar-refractivity contribution in [1.82, 2.24) is 0 Å². The molecular weight excluding hydrogens is 360 g/mol. The van der Waals surface area contributed by atoms with Crippen LogP contribution in [0, 0.1) is 23.2 Å². The van der Waals surface area contributed by atoms with E-state index in [1.54, 1.807) is 11.8 Å². The van der Waals surface area contributed by atoms with Crippen LogP contribution >= 0.6 is 11.8 Å². The summed E-state index contributed by atoms with van der Waals surface area (Å²) >= 11 is 1.75. The molecule has 3 unspecified atom stereocenters. The Kier molecular flexibility index (Phi) is 7.01. The fourth-order valence-electron chi connectivity index (χ4n) is 3.75. The molecule has 0 aliphatic heterocycles. The van der Waals surface area contributed by atoms with E-state index in [2.05, 4.69) is 12.1 Å². The molecule has 5 heteroatoms. The Morgan fingerprint density at radius 1 is 1.26 bits per heavy atom. The van der Waals surface area contributed by atoms with E-state index < -0.39 is 11.0 Å². The van der Waals surface area contributed by atoms with Crippen LogP contribution in [0.3, 0.4) is 0 Å². The normalized spacial score (nSPS) is 26.4. The van der Waals surface area contributed by atoms with Gasteiger partial charge in [-0.05, 0) is 58.6 Å². The van der Waals surface area contributed by atoms with Gasteiger partial charge in [-0.25, -0.2) is 0 Å². The van der Waals surface area contributed by atoms with Gasteiger partial charge in [0.2, 0.25) is 0 Å². The number of hydrogen-bond acceptors (Lipinski definition) is 5. The highest BCUT2D eigenvalue weighted by Crippen LogP contribution is 2.49. The van der Waals surface area contributed by atoms with Crippen molar-refractivity contribution in [2.45, 2.75) is 58.0 Å². The molecule has 0 aromatic heterocycles. The van der Waals surface area contributed by atoms with Gasteiger partial charge in [0.15, 0.2) is 0 Å². The molecule has 1 aliphatic carbocycles. The molecule has 1 aliphatic rings. The molecule has 0 spiro atoms. The number of carbonyl (C=O) groups excluding carboxylic acids is 2. The fourth-order valence-corrected chi connectivity index (χ4v) is 5.07. The van der Waals surface area contributed by atoms with Crippen LogP contribution in [0.25, 0.3) is 0 Å². The molecule has 1 saturated carbocycles. The van der Waals surface area contributed by atoms with Gasteiger partial charge in [-0.1, -0.05) is 25.1 Å². The zero-order valence-electron chi connectivity index (χ0n) is 17.3. The van der Waals surface area contributed by atoms with Crippen LogP contribution in [0.15, 0.2) is 35.2 Å². The second-order valence-electron chi connectivity index (χ2n) is 8.70. The molecule has 27 heavy (non-hydrogen) atoms. The first kappa shape index (κ1) is 21.8. The summed E-state index contributed by atoms with van der Waals surface area (Å²) in [6, 6.07) is 10.2. The Bertz CT molecular complexity index is 652. The number of rotatable bonds is 6. The Labute approximate surface area is 167 Å². The van der Waals surface area contributed by atoms with E-state index in [-0.39, 0.29) is 29.7 Å². The van der Waals surface area contributed by atoms with Gasteiger partial charge in [0.05, 0.1) is 18.4 Å². The lowest BCUT2D eigenvalue weighted by Crippen LogP contribution is -2.43. The van der Waals surface area contributed by atoms with Gasteiger partial charge in [0.1, 0.15) is 5.60 Å². The molecule has 1 aromatic rings. The summed E-state index contributed by atoms with van der Waals surface area (Å²) in [5, 5.41) is 0. The van der Waals surface area contributed by atoms with Crippen LogP contribution in [0.1, 0.15) is 47.5 Å². The first-order chi connectivity index (χ1) is 12.6. The number of carbonyl (C=O) groups is 2. The molecule has 1 fully saturated rings. The first-order valence-electron chi connectivity index (χ1n) is 9.57. The quantitative estimate of drug-likeness (QED) is 0.506. The van der Waals surface area contributed by atoms with E-state index >= 15 is 0 Å². The summed E-state index contributed by atoms with van der Waals surface area (Å²) < 4.78 is 11.0. The highest BCUT2D eigenvalue weighted by atomic mass is 32.2. The third-order valence-corrected chi connectivity index (χ3v) is 6.73. The Hall–Kier alpha value is -1.49. The number of thioether (sulfide) groups is 1. The van der Waals surface area contributed by atoms with Crippen LogP contribution < -0.4 is 0 Å². The Morgan fingerprint density at radius 2 is 1.89 bits per heavy atom. The van der Waals surface area contributed by atoms with Crippen molar-refractivity contribution in [3.63, 3.8) is 0 Å². The maximum Gasteiger partial charge on any atom is 0.311 e. The van der Waals surface area contributed by atoms with E-state index in [0.717, 1.165) is 18.6 Å². The van der Waals surface area contributed by atoms with Crippen LogP contribution in [0.5, 0.6) is 0 Å². The molecule has 0 amide bonds.